The second kappa shape index (κ2) is 16.9. The predicted octanol–water partition coefficient (Wildman–Crippen LogP) is 9.62. The third kappa shape index (κ3) is 9.56. The normalized spacial score (nSPS) is 15.0. The molecule has 4 N–H and O–H groups in total. The number of alkyl halides is 6. The Kier molecular flexibility index (Phi) is 11.8. The fraction of sp³-hybridized carbons (Fsp3) is 0.289. The third-order valence-corrected chi connectivity index (χ3v) is 10.9. The number of ether oxygens (including phenoxy) is 1. The van der Waals surface area contributed by atoms with E-state index in [9.17, 15) is 45.5 Å². The van der Waals surface area contributed by atoms with Crippen molar-refractivity contribution in [1.29, 1.82) is 0 Å². The number of para-hydroxylation sites is 1. The van der Waals surface area contributed by atoms with Crippen LogP contribution in [0.2, 0.25) is 0 Å². The molecule has 2 saturated heterocycles. The average Bonchev–Trinajstić information content (AvgIpc) is 3.88. The lowest BCUT2D eigenvalue weighted by atomic mass is 9.93. The van der Waals surface area contributed by atoms with Crippen molar-refractivity contribution in [1.82, 2.24) is 9.97 Å². The van der Waals surface area contributed by atoms with Gasteiger partial charge in [0.05, 0.1) is 16.9 Å². The largest absolute Gasteiger partial charge is 0.573 e. The highest BCUT2D eigenvalue weighted by molar-refractivity contribution is 6.07. The molecule has 0 aliphatic carbocycles. The summed E-state index contributed by atoms with van der Waals surface area (Å²) < 4.78 is 83.9. The molecule has 62 heavy (non-hydrogen) atoms. The van der Waals surface area contributed by atoms with Gasteiger partial charge in [0.1, 0.15) is 11.1 Å². The van der Waals surface area contributed by atoms with E-state index >= 15 is 0 Å². The van der Waals surface area contributed by atoms with Gasteiger partial charge < -0.3 is 35.1 Å². The van der Waals surface area contributed by atoms with E-state index < -0.39 is 40.8 Å². The van der Waals surface area contributed by atoms with E-state index in [0.29, 0.717) is 59.2 Å². The van der Waals surface area contributed by atoms with Crippen molar-refractivity contribution in [2.45, 2.75) is 52.6 Å². The van der Waals surface area contributed by atoms with Gasteiger partial charge in [-0.3, -0.25) is 19.2 Å². The molecule has 0 spiro atoms. The molecule has 4 aromatic carbocycles. The summed E-state index contributed by atoms with van der Waals surface area (Å²) in [6.45, 7) is 8.40. The number of hydrogen-bond acceptors (Lipinski definition) is 7. The number of anilines is 4. The number of nitrogens with one attached hydrogen (secondary N) is 4. The van der Waals surface area contributed by atoms with E-state index in [1.54, 1.807) is 60.4 Å². The zero-order valence-corrected chi connectivity index (χ0v) is 33.8. The number of aryl methyl sites for hydroxylation is 1. The Morgan fingerprint density at radius 3 is 2.08 bits per heavy atom. The van der Waals surface area contributed by atoms with Gasteiger partial charge in [-0.05, 0) is 91.8 Å². The Hall–Kier alpha value is -6.78. The van der Waals surface area contributed by atoms with E-state index in [-0.39, 0.29) is 39.4 Å². The first-order chi connectivity index (χ1) is 29.3. The van der Waals surface area contributed by atoms with E-state index in [1.165, 1.54) is 36.7 Å². The van der Waals surface area contributed by atoms with Gasteiger partial charge in [-0.25, -0.2) is 0 Å². The van der Waals surface area contributed by atoms with Crippen molar-refractivity contribution in [3.05, 3.63) is 134 Å². The van der Waals surface area contributed by atoms with Crippen LogP contribution in [0.1, 0.15) is 65.0 Å². The van der Waals surface area contributed by atoms with Crippen molar-refractivity contribution in [2.24, 2.45) is 5.41 Å². The number of H-pyrrole nitrogens is 2. The second-order valence-corrected chi connectivity index (χ2v) is 16.0. The number of amides is 2. The maximum absolute atomic E-state index is 13.8. The van der Waals surface area contributed by atoms with Crippen LogP contribution in [0.5, 0.6) is 5.75 Å². The van der Waals surface area contributed by atoms with Crippen molar-refractivity contribution in [2.75, 3.05) is 46.6 Å². The molecule has 0 unspecified atom stereocenters. The number of rotatable bonds is 7. The lowest BCUT2D eigenvalue weighted by molar-refractivity contribution is -0.274. The van der Waals surface area contributed by atoms with E-state index in [2.05, 4.69) is 39.2 Å². The highest BCUT2D eigenvalue weighted by Gasteiger charge is 2.37. The summed E-state index contributed by atoms with van der Waals surface area (Å²) in [7, 11) is 0. The van der Waals surface area contributed by atoms with Gasteiger partial charge in [0.2, 0.25) is 10.9 Å². The molecule has 2 aliphatic rings. The maximum atomic E-state index is 13.8. The quantitative estimate of drug-likeness (QED) is 0.117. The summed E-state index contributed by atoms with van der Waals surface area (Å²) in [5, 5.41) is 5.60. The standard InChI is InChI=1S/C24H24F3N3O2.C21H18F3N3O3/c1-14-5-4-6-19-20(14)21(31)16(12-28-19)22(32)29-18-8-7-15(11-17(18)24(25,26)27)30-10-9-23(2,3)13-30;22-21(23,24)30-18-8-7-13(11-17(18)27-9-3-4-10-27)26-20(29)15-12-25-16-6-2-1-5-14(16)19(15)28/h4-8,11-12H,9-10,13H2,1-3H3,(H,28,31)(H,29,32);1-2,5-8,11-12H,3-4,9-10H2,(H,25,28)(H,26,29). The van der Waals surface area contributed by atoms with Crippen molar-refractivity contribution >= 4 is 56.4 Å². The molecule has 324 valence electrons. The molecule has 0 bridgehead atoms. The second-order valence-electron chi connectivity index (χ2n) is 16.0. The van der Waals surface area contributed by atoms with Crippen molar-refractivity contribution < 1.29 is 40.7 Å². The first-order valence-corrected chi connectivity index (χ1v) is 19.7. The molecule has 6 aromatic rings. The zero-order chi connectivity index (χ0) is 44.6. The van der Waals surface area contributed by atoms with Gasteiger partial charge in [-0.15, -0.1) is 13.2 Å². The molecular formula is C45H42F6N6O5. The highest BCUT2D eigenvalue weighted by atomic mass is 19.4. The van der Waals surface area contributed by atoms with Gasteiger partial charge in [0.15, 0.2) is 5.75 Å². The topological polar surface area (TPSA) is 140 Å². The van der Waals surface area contributed by atoms with Crippen LogP contribution in [0.3, 0.4) is 0 Å². The molecule has 2 aliphatic heterocycles. The fourth-order valence-corrected chi connectivity index (χ4v) is 7.75. The smallest absolute Gasteiger partial charge is 0.404 e. The minimum absolute atomic E-state index is 0.0283. The van der Waals surface area contributed by atoms with Crippen LogP contribution in [0, 0.1) is 12.3 Å². The molecule has 4 heterocycles. The molecular weight excluding hydrogens is 819 g/mol. The van der Waals surface area contributed by atoms with Gasteiger partial charge in [0.25, 0.3) is 11.8 Å². The summed E-state index contributed by atoms with van der Waals surface area (Å²) in [6, 6.07) is 19.8. The summed E-state index contributed by atoms with van der Waals surface area (Å²) in [5.74, 6) is -1.87. The van der Waals surface area contributed by atoms with Crippen LogP contribution in [-0.2, 0) is 6.18 Å². The Bertz CT molecular complexity index is 2790. The van der Waals surface area contributed by atoms with Crippen LogP contribution >= 0.6 is 0 Å². The summed E-state index contributed by atoms with van der Waals surface area (Å²) in [6.07, 6.45) is -4.34. The summed E-state index contributed by atoms with van der Waals surface area (Å²) in [4.78, 5) is 60.4. The maximum Gasteiger partial charge on any atom is 0.573 e. The SMILES string of the molecule is Cc1cccc2[nH]cc(C(=O)Nc3ccc(N4CCC(C)(C)C4)cc3C(F)(F)F)c(=O)c12.O=C(Nc1ccc(OC(F)(F)F)c(N2CCCC2)c1)c1c[nH]c2ccccc2c1=O. The number of aromatic nitrogens is 2. The van der Waals surface area contributed by atoms with Crippen molar-refractivity contribution in [3.63, 3.8) is 0 Å². The average molecular weight is 861 g/mol. The lowest BCUT2D eigenvalue weighted by Gasteiger charge is -2.23. The monoisotopic (exact) mass is 860 g/mol. The number of benzene rings is 4. The zero-order valence-electron chi connectivity index (χ0n) is 33.8. The van der Waals surface area contributed by atoms with Crippen LogP contribution in [0.15, 0.2) is 101 Å². The molecule has 11 nitrogen and oxygen atoms in total. The van der Waals surface area contributed by atoms with Crippen LogP contribution in [-0.4, -0.2) is 54.3 Å². The van der Waals surface area contributed by atoms with Gasteiger partial charge >= 0.3 is 12.5 Å². The number of aromatic amines is 2. The Morgan fingerprint density at radius 2 is 1.40 bits per heavy atom. The molecule has 8 rings (SSSR count). The number of carbonyl (C=O) groups excluding carboxylic acids is 2. The minimum Gasteiger partial charge on any atom is -0.404 e. The molecule has 2 fully saturated rings. The molecule has 2 amide bonds. The van der Waals surface area contributed by atoms with E-state index in [0.717, 1.165) is 25.3 Å². The van der Waals surface area contributed by atoms with Crippen LogP contribution in [0.4, 0.5) is 49.1 Å². The molecule has 17 heteroatoms. The number of halogens is 6. The summed E-state index contributed by atoms with van der Waals surface area (Å²) in [5.41, 5.74) is 0.210. The molecule has 2 aromatic heterocycles. The Morgan fingerprint density at radius 1 is 0.742 bits per heavy atom. The third-order valence-electron chi connectivity index (χ3n) is 10.9. The molecule has 0 saturated carbocycles. The fourth-order valence-electron chi connectivity index (χ4n) is 7.75. The lowest BCUT2D eigenvalue weighted by Crippen LogP contribution is -2.25. The van der Waals surface area contributed by atoms with E-state index in [4.69, 9.17) is 0 Å². The predicted molar refractivity (Wildman–Crippen MR) is 226 cm³/mol. The number of pyridine rings is 2. The van der Waals surface area contributed by atoms with E-state index in [1.807, 2.05) is 4.90 Å². The van der Waals surface area contributed by atoms with Gasteiger partial charge in [0, 0.05) is 71.8 Å². The van der Waals surface area contributed by atoms with Crippen LogP contribution < -0.4 is 36.0 Å². The van der Waals surface area contributed by atoms with Crippen molar-refractivity contribution in [3.8, 4) is 5.75 Å². The minimum atomic E-state index is -4.82. The number of hydrogen-bond donors (Lipinski definition) is 4. The number of fused-ring (bicyclic) bond motifs is 2. The molecule has 0 radical (unpaired) electrons. The summed E-state index contributed by atoms with van der Waals surface area (Å²) >= 11 is 0. The highest BCUT2D eigenvalue weighted by Crippen LogP contribution is 2.40. The van der Waals surface area contributed by atoms with Gasteiger partial charge in [-0.1, -0.05) is 38.1 Å². The first-order valence-electron chi connectivity index (χ1n) is 19.7. The van der Waals surface area contributed by atoms with Gasteiger partial charge in [-0.2, -0.15) is 13.2 Å². The Labute approximate surface area is 350 Å². The molecule has 0 atom stereocenters. The first kappa shape index (κ1) is 43.3. The Balaban J connectivity index is 0.000000187. The number of carbonyl (C=O) groups is 2. The van der Waals surface area contributed by atoms with Crippen LogP contribution in [0.25, 0.3) is 21.8 Å². The number of nitrogens with zero attached hydrogens (tertiary/aromatic N) is 2.